The minimum Gasteiger partial charge on any atom is -0.493 e. The molecular formula is C16H13F2N3O5. The van der Waals surface area contributed by atoms with Gasteiger partial charge in [-0.3, -0.25) is 14.9 Å². The molecule has 26 heavy (non-hydrogen) atoms. The highest BCUT2D eigenvalue weighted by Crippen LogP contribution is 2.37. The van der Waals surface area contributed by atoms with E-state index in [1.165, 1.54) is 26.4 Å². The molecule has 0 aliphatic carbocycles. The van der Waals surface area contributed by atoms with Crippen LogP contribution in [0.4, 0.5) is 20.2 Å². The Morgan fingerprint density at radius 2 is 1.69 bits per heavy atom. The Balaban J connectivity index is 2.05. The molecule has 1 aliphatic rings. The van der Waals surface area contributed by atoms with Gasteiger partial charge >= 0.3 is 5.69 Å². The minimum atomic E-state index is -1.30. The molecule has 136 valence electrons. The number of nitro benzene ring substituents is 1. The van der Waals surface area contributed by atoms with Crippen LogP contribution in [-0.4, -0.2) is 25.1 Å². The Hall–Kier alpha value is -3.43. The Morgan fingerprint density at radius 3 is 2.31 bits per heavy atom. The summed E-state index contributed by atoms with van der Waals surface area (Å²) in [6.07, 6.45) is -1.13. The van der Waals surface area contributed by atoms with Crippen molar-refractivity contribution < 1.29 is 28.0 Å². The number of methoxy groups -OCH3 is 2. The number of anilines is 1. The smallest absolute Gasteiger partial charge is 0.305 e. The van der Waals surface area contributed by atoms with Gasteiger partial charge in [-0.1, -0.05) is 0 Å². The van der Waals surface area contributed by atoms with Crippen molar-refractivity contribution in [1.82, 2.24) is 5.32 Å². The molecule has 1 aliphatic heterocycles. The van der Waals surface area contributed by atoms with Crippen molar-refractivity contribution in [3.63, 3.8) is 0 Å². The summed E-state index contributed by atoms with van der Waals surface area (Å²) in [4.78, 5) is 22.3. The van der Waals surface area contributed by atoms with Crippen LogP contribution in [0.15, 0.2) is 24.3 Å². The van der Waals surface area contributed by atoms with Gasteiger partial charge in [0.1, 0.15) is 12.0 Å². The van der Waals surface area contributed by atoms with Crippen molar-refractivity contribution in [2.45, 2.75) is 6.17 Å². The molecule has 1 amide bonds. The molecule has 0 saturated carbocycles. The highest BCUT2D eigenvalue weighted by atomic mass is 19.1. The molecule has 1 heterocycles. The van der Waals surface area contributed by atoms with Crippen molar-refractivity contribution >= 4 is 17.3 Å². The van der Waals surface area contributed by atoms with Crippen molar-refractivity contribution in [2.24, 2.45) is 0 Å². The number of hydrogen-bond donors (Lipinski definition) is 2. The van der Waals surface area contributed by atoms with E-state index in [-0.39, 0.29) is 11.1 Å². The van der Waals surface area contributed by atoms with Crippen LogP contribution in [-0.2, 0) is 0 Å². The number of ether oxygens (including phenoxy) is 2. The standard InChI is InChI=1S/C16H13F2N3O5/c1-25-13-4-8-11(6-14(13)26-2)19-15(20-16(8)22)7-3-12(21(23)24)10(18)5-9(7)17/h3-6,15,19H,1-2H3,(H,20,22)/t15-/m1/s1. The van der Waals surface area contributed by atoms with Gasteiger partial charge in [-0.2, -0.15) is 4.39 Å². The fourth-order valence-electron chi connectivity index (χ4n) is 2.66. The molecule has 0 aromatic heterocycles. The van der Waals surface area contributed by atoms with Crippen LogP contribution in [0.5, 0.6) is 11.5 Å². The lowest BCUT2D eigenvalue weighted by atomic mass is 10.0. The van der Waals surface area contributed by atoms with Crippen molar-refractivity contribution in [1.29, 1.82) is 0 Å². The number of rotatable bonds is 4. The molecule has 0 unspecified atom stereocenters. The zero-order valence-corrected chi connectivity index (χ0v) is 13.6. The lowest BCUT2D eigenvalue weighted by Gasteiger charge is -2.29. The lowest BCUT2D eigenvalue weighted by Crippen LogP contribution is -2.39. The summed E-state index contributed by atoms with van der Waals surface area (Å²) in [5.41, 5.74) is -0.638. The zero-order chi connectivity index (χ0) is 19.0. The molecule has 2 aromatic carbocycles. The van der Waals surface area contributed by atoms with Crippen LogP contribution in [0, 0.1) is 21.7 Å². The van der Waals surface area contributed by atoms with E-state index in [1.54, 1.807) is 0 Å². The predicted molar refractivity (Wildman–Crippen MR) is 86.4 cm³/mol. The van der Waals surface area contributed by atoms with E-state index in [4.69, 9.17) is 9.47 Å². The molecule has 2 aromatic rings. The normalized spacial score (nSPS) is 15.5. The third-order valence-corrected chi connectivity index (χ3v) is 3.92. The van der Waals surface area contributed by atoms with Gasteiger partial charge in [0.25, 0.3) is 5.91 Å². The van der Waals surface area contributed by atoms with Crippen LogP contribution >= 0.6 is 0 Å². The van der Waals surface area contributed by atoms with Crippen LogP contribution in [0.1, 0.15) is 22.1 Å². The van der Waals surface area contributed by atoms with Crippen molar-refractivity contribution in [2.75, 3.05) is 19.5 Å². The SMILES string of the molecule is COc1cc2c(cc1OC)C(=O)N[C@H](c1cc([N+](=O)[O-])c(F)cc1F)N2. The van der Waals surface area contributed by atoms with E-state index >= 15 is 0 Å². The minimum absolute atomic E-state index is 0.218. The number of halogens is 2. The maximum Gasteiger partial charge on any atom is 0.305 e. The predicted octanol–water partition coefficient (Wildman–Crippen LogP) is 2.74. The molecule has 0 radical (unpaired) electrons. The first kappa shape index (κ1) is 17.4. The second-order valence-electron chi connectivity index (χ2n) is 5.39. The highest BCUT2D eigenvalue weighted by molar-refractivity contribution is 6.02. The summed E-state index contributed by atoms with van der Waals surface area (Å²) in [7, 11) is 2.82. The lowest BCUT2D eigenvalue weighted by molar-refractivity contribution is -0.387. The summed E-state index contributed by atoms with van der Waals surface area (Å²) in [6, 6.07) is 4.08. The number of fused-ring (bicyclic) bond motifs is 1. The Morgan fingerprint density at radius 1 is 1.04 bits per heavy atom. The van der Waals surface area contributed by atoms with E-state index in [9.17, 15) is 23.7 Å². The largest absolute Gasteiger partial charge is 0.493 e. The summed E-state index contributed by atoms with van der Waals surface area (Å²) >= 11 is 0. The Bertz CT molecular complexity index is 919. The van der Waals surface area contributed by atoms with Crippen LogP contribution in [0.3, 0.4) is 0 Å². The van der Waals surface area contributed by atoms with E-state index in [0.29, 0.717) is 23.3 Å². The van der Waals surface area contributed by atoms with E-state index < -0.39 is 34.3 Å². The zero-order valence-electron chi connectivity index (χ0n) is 13.6. The topological polar surface area (TPSA) is 103 Å². The molecule has 8 nitrogen and oxygen atoms in total. The maximum absolute atomic E-state index is 14.1. The van der Waals surface area contributed by atoms with E-state index in [0.717, 1.165) is 6.07 Å². The van der Waals surface area contributed by atoms with Gasteiger partial charge in [0, 0.05) is 23.8 Å². The summed E-state index contributed by atoms with van der Waals surface area (Å²) in [6.45, 7) is 0. The van der Waals surface area contributed by atoms with Gasteiger partial charge in [-0.05, 0) is 6.07 Å². The molecule has 0 spiro atoms. The number of amides is 1. The van der Waals surface area contributed by atoms with E-state index in [1.807, 2.05) is 0 Å². The van der Waals surface area contributed by atoms with Gasteiger partial charge in [0.15, 0.2) is 11.5 Å². The third-order valence-electron chi connectivity index (χ3n) is 3.92. The molecule has 0 fully saturated rings. The first-order chi connectivity index (χ1) is 12.3. The van der Waals surface area contributed by atoms with Crippen LogP contribution < -0.4 is 20.1 Å². The second kappa shape index (κ2) is 6.47. The number of benzene rings is 2. The first-order valence-corrected chi connectivity index (χ1v) is 7.32. The van der Waals surface area contributed by atoms with Crippen molar-refractivity contribution in [3.8, 4) is 11.5 Å². The fourth-order valence-corrected chi connectivity index (χ4v) is 2.66. The van der Waals surface area contributed by atoms with Gasteiger partial charge in [0.2, 0.25) is 5.82 Å². The molecule has 2 N–H and O–H groups in total. The Kier molecular flexibility index (Phi) is 4.33. The summed E-state index contributed by atoms with van der Waals surface area (Å²) in [5, 5.41) is 16.2. The number of nitrogens with zero attached hydrogens (tertiary/aromatic N) is 1. The Labute approximate surface area is 145 Å². The number of carbonyl (C=O) groups excluding carboxylic acids is 1. The average molecular weight is 365 g/mol. The number of carbonyl (C=O) groups is 1. The first-order valence-electron chi connectivity index (χ1n) is 7.32. The number of hydrogen-bond acceptors (Lipinski definition) is 6. The summed E-state index contributed by atoms with van der Waals surface area (Å²) < 4.78 is 38.0. The molecule has 0 bridgehead atoms. The van der Waals surface area contributed by atoms with Gasteiger partial charge in [0.05, 0.1) is 30.4 Å². The van der Waals surface area contributed by atoms with Crippen LogP contribution in [0.2, 0.25) is 0 Å². The number of nitrogens with one attached hydrogen (secondary N) is 2. The molecule has 1 atom stereocenters. The van der Waals surface area contributed by atoms with Gasteiger partial charge in [-0.15, -0.1) is 0 Å². The van der Waals surface area contributed by atoms with Crippen molar-refractivity contribution in [3.05, 3.63) is 57.1 Å². The monoisotopic (exact) mass is 365 g/mol. The van der Waals surface area contributed by atoms with Gasteiger partial charge in [-0.25, -0.2) is 4.39 Å². The molecular weight excluding hydrogens is 352 g/mol. The number of nitro groups is 1. The van der Waals surface area contributed by atoms with E-state index in [2.05, 4.69) is 10.6 Å². The maximum atomic E-state index is 14.1. The molecule has 0 saturated heterocycles. The van der Waals surface area contributed by atoms with Gasteiger partial charge < -0.3 is 20.1 Å². The molecule has 3 rings (SSSR count). The average Bonchev–Trinajstić information content (AvgIpc) is 2.60. The third kappa shape index (κ3) is 2.85. The fraction of sp³-hybridized carbons (Fsp3) is 0.188. The second-order valence-corrected chi connectivity index (χ2v) is 5.39. The summed E-state index contributed by atoms with van der Waals surface area (Å²) in [5.74, 6) is -2.24. The quantitative estimate of drug-likeness (QED) is 0.638. The highest BCUT2D eigenvalue weighted by Gasteiger charge is 2.30. The van der Waals surface area contributed by atoms with Crippen LogP contribution in [0.25, 0.3) is 0 Å². The molecule has 10 heteroatoms.